The van der Waals surface area contributed by atoms with E-state index in [2.05, 4.69) is 47.4 Å². The van der Waals surface area contributed by atoms with Crippen LogP contribution in [0.15, 0.2) is 27.3 Å². The number of benzene rings is 1. The molecular formula is C11H10Br2N4O. The number of rotatable bonds is 2. The molecule has 0 aliphatic rings. The maximum Gasteiger partial charge on any atom is 0.261 e. The summed E-state index contributed by atoms with van der Waals surface area (Å²) in [5.74, 6) is -0.0710. The van der Waals surface area contributed by atoms with Crippen LogP contribution in [-0.2, 0) is 0 Å². The Bertz CT molecular complexity index is 586. The lowest BCUT2D eigenvalue weighted by Gasteiger charge is -2.10. The second kappa shape index (κ2) is 5.11. The van der Waals surface area contributed by atoms with Crippen LogP contribution in [0.3, 0.4) is 0 Å². The summed E-state index contributed by atoms with van der Waals surface area (Å²) in [5, 5.41) is 9.00. The number of aromatic nitrogens is 2. The molecule has 1 aromatic carbocycles. The molecule has 0 unspecified atom stereocenters. The molecule has 4 N–H and O–H groups in total. The number of anilines is 2. The summed E-state index contributed by atoms with van der Waals surface area (Å²) in [7, 11) is 0. The topological polar surface area (TPSA) is 83.8 Å². The van der Waals surface area contributed by atoms with Crippen LogP contribution in [0.4, 0.5) is 11.5 Å². The number of halogens is 2. The van der Waals surface area contributed by atoms with Gasteiger partial charge in [-0.1, -0.05) is 0 Å². The molecule has 0 fully saturated rings. The van der Waals surface area contributed by atoms with E-state index in [1.807, 2.05) is 19.1 Å². The van der Waals surface area contributed by atoms with E-state index in [9.17, 15) is 4.79 Å². The Morgan fingerprint density at radius 1 is 1.39 bits per heavy atom. The van der Waals surface area contributed by atoms with Crippen molar-refractivity contribution >= 4 is 49.3 Å². The van der Waals surface area contributed by atoms with Crippen molar-refractivity contribution in [2.75, 3.05) is 11.1 Å². The molecule has 5 nitrogen and oxygen atoms in total. The molecule has 0 saturated carbocycles. The Balaban J connectivity index is 2.31. The number of carbonyl (C=O) groups is 1. The number of nitrogens with zero attached hydrogens (tertiary/aromatic N) is 1. The summed E-state index contributed by atoms with van der Waals surface area (Å²) >= 11 is 6.82. The highest BCUT2D eigenvalue weighted by Crippen LogP contribution is 2.32. The number of aromatic amines is 1. The zero-order valence-electron chi connectivity index (χ0n) is 9.42. The lowest BCUT2D eigenvalue weighted by molar-refractivity contribution is 0.102. The molecule has 0 radical (unpaired) electrons. The predicted molar refractivity (Wildman–Crippen MR) is 77.5 cm³/mol. The van der Waals surface area contributed by atoms with Gasteiger partial charge < -0.3 is 11.1 Å². The van der Waals surface area contributed by atoms with Crippen molar-refractivity contribution in [3.8, 4) is 0 Å². The van der Waals surface area contributed by atoms with Gasteiger partial charge in [0.1, 0.15) is 11.4 Å². The quantitative estimate of drug-likeness (QED) is 0.756. The fraction of sp³-hybridized carbons (Fsp3) is 0.0909. The lowest BCUT2D eigenvalue weighted by atomic mass is 10.2. The Hall–Kier alpha value is -1.34. The predicted octanol–water partition coefficient (Wildman–Crippen LogP) is 3.08. The molecule has 2 rings (SSSR count). The molecule has 1 heterocycles. The van der Waals surface area contributed by atoms with Crippen LogP contribution in [0, 0.1) is 6.92 Å². The maximum atomic E-state index is 12.0. The van der Waals surface area contributed by atoms with Crippen molar-refractivity contribution in [3.05, 3.63) is 38.4 Å². The van der Waals surface area contributed by atoms with Crippen molar-refractivity contribution < 1.29 is 4.79 Å². The molecular weight excluding hydrogens is 364 g/mol. The number of hydrogen-bond donors (Lipinski definition) is 3. The van der Waals surface area contributed by atoms with Gasteiger partial charge >= 0.3 is 0 Å². The van der Waals surface area contributed by atoms with E-state index in [4.69, 9.17) is 5.73 Å². The SMILES string of the molecule is Cc1cc(Br)c(NC(=O)c2cn[nH]c2N)c(Br)c1. The smallest absolute Gasteiger partial charge is 0.261 e. The largest absolute Gasteiger partial charge is 0.383 e. The Labute approximate surface area is 120 Å². The number of amides is 1. The van der Waals surface area contributed by atoms with Crippen molar-refractivity contribution in [3.63, 3.8) is 0 Å². The highest BCUT2D eigenvalue weighted by Gasteiger charge is 2.15. The average Bonchev–Trinajstić information content (AvgIpc) is 2.69. The zero-order valence-corrected chi connectivity index (χ0v) is 12.6. The third-order valence-corrected chi connectivity index (χ3v) is 3.59. The van der Waals surface area contributed by atoms with Gasteiger partial charge in [0.05, 0.1) is 11.9 Å². The molecule has 1 aromatic heterocycles. The fourth-order valence-corrected chi connectivity index (χ4v) is 3.09. The molecule has 0 bridgehead atoms. The summed E-state index contributed by atoms with van der Waals surface area (Å²) in [6.07, 6.45) is 1.39. The number of H-pyrrole nitrogens is 1. The molecule has 94 valence electrons. The van der Waals surface area contributed by atoms with Crippen LogP contribution in [0.25, 0.3) is 0 Å². The Morgan fingerprint density at radius 3 is 2.50 bits per heavy atom. The first-order chi connectivity index (χ1) is 8.49. The summed E-state index contributed by atoms with van der Waals surface area (Å²) in [6, 6.07) is 3.83. The van der Waals surface area contributed by atoms with Gasteiger partial charge in [0, 0.05) is 8.95 Å². The molecule has 1 amide bonds. The first kappa shape index (κ1) is 13.1. The molecule has 0 spiro atoms. The Morgan fingerprint density at radius 2 is 2.00 bits per heavy atom. The lowest BCUT2D eigenvalue weighted by Crippen LogP contribution is -2.13. The third kappa shape index (κ3) is 2.56. The van der Waals surface area contributed by atoms with Gasteiger partial charge in [-0.2, -0.15) is 5.10 Å². The number of aryl methyl sites for hydroxylation is 1. The summed E-state index contributed by atoms with van der Waals surface area (Å²) in [5.41, 5.74) is 7.64. The van der Waals surface area contributed by atoms with Crippen LogP contribution < -0.4 is 11.1 Å². The minimum Gasteiger partial charge on any atom is -0.383 e. The minimum atomic E-state index is -0.313. The van der Waals surface area contributed by atoms with E-state index in [0.717, 1.165) is 14.5 Å². The molecule has 0 aliphatic carbocycles. The first-order valence-corrected chi connectivity index (χ1v) is 6.63. The van der Waals surface area contributed by atoms with E-state index < -0.39 is 0 Å². The van der Waals surface area contributed by atoms with Crippen LogP contribution >= 0.6 is 31.9 Å². The second-order valence-electron chi connectivity index (χ2n) is 3.76. The van der Waals surface area contributed by atoms with Gasteiger partial charge in [-0.25, -0.2) is 0 Å². The maximum absolute atomic E-state index is 12.0. The fourth-order valence-electron chi connectivity index (χ4n) is 1.48. The highest BCUT2D eigenvalue weighted by molar-refractivity contribution is 9.11. The van der Waals surface area contributed by atoms with Gasteiger partial charge in [0.2, 0.25) is 0 Å². The van der Waals surface area contributed by atoms with Crippen molar-refractivity contribution in [1.29, 1.82) is 0 Å². The summed E-state index contributed by atoms with van der Waals surface area (Å²) < 4.78 is 1.59. The van der Waals surface area contributed by atoms with E-state index in [1.165, 1.54) is 6.20 Å². The van der Waals surface area contributed by atoms with Crippen molar-refractivity contribution in [2.24, 2.45) is 0 Å². The van der Waals surface area contributed by atoms with E-state index in [-0.39, 0.29) is 11.7 Å². The zero-order chi connectivity index (χ0) is 13.3. The Kier molecular flexibility index (Phi) is 3.72. The number of hydrogen-bond acceptors (Lipinski definition) is 3. The molecule has 0 saturated heterocycles. The standard InChI is InChI=1S/C11H10Br2N4O/c1-5-2-7(12)9(8(13)3-5)16-11(18)6-4-15-17-10(6)14/h2-4H,1H3,(H,16,18)(H3,14,15,17). The third-order valence-electron chi connectivity index (χ3n) is 2.34. The van der Waals surface area contributed by atoms with Gasteiger partial charge in [-0.3, -0.25) is 9.89 Å². The monoisotopic (exact) mass is 372 g/mol. The summed E-state index contributed by atoms with van der Waals surface area (Å²) in [6.45, 7) is 1.97. The first-order valence-electron chi connectivity index (χ1n) is 5.05. The number of nitrogens with one attached hydrogen (secondary N) is 2. The normalized spacial score (nSPS) is 10.4. The van der Waals surface area contributed by atoms with Gasteiger partial charge in [0.25, 0.3) is 5.91 Å². The second-order valence-corrected chi connectivity index (χ2v) is 5.46. The number of carbonyl (C=O) groups excluding carboxylic acids is 1. The van der Waals surface area contributed by atoms with E-state index >= 15 is 0 Å². The molecule has 0 aliphatic heterocycles. The van der Waals surface area contributed by atoms with Crippen LogP contribution in [0.2, 0.25) is 0 Å². The molecule has 2 aromatic rings. The van der Waals surface area contributed by atoms with Crippen LogP contribution in [-0.4, -0.2) is 16.1 Å². The average molecular weight is 374 g/mol. The molecule has 18 heavy (non-hydrogen) atoms. The highest BCUT2D eigenvalue weighted by atomic mass is 79.9. The van der Waals surface area contributed by atoms with Gasteiger partial charge in [0.15, 0.2) is 0 Å². The minimum absolute atomic E-state index is 0.242. The number of nitrogens with two attached hydrogens (primary N) is 1. The van der Waals surface area contributed by atoms with E-state index in [0.29, 0.717) is 11.3 Å². The van der Waals surface area contributed by atoms with Crippen LogP contribution in [0.5, 0.6) is 0 Å². The van der Waals surface area contributed by atoms with Crippen LogP contribution in [0.1, 0.15) is 15.9 Å². The van der Waals surface area contributed by atoms with Gasteiger partial charge in [-0.15, -0.1) is 0 Å². The summed E-state index contributed by atoms with van der Waals surface area (Å²) in [4.78, 5) is 12.0. The van der Waals surface area contributed by atoms with Crippen molar-refractivity contribution in [2.45, 2.75) is 6.92 Å². The molecule has 7 heteroatoms. The van der Waals surface area contributed by atoms with Gasteiger partial charge in [-0.05, 0) is 56.5 Å². The van der Waals surface area contributed by atoms with E-state index in [1.54, 1.807) is 0 Å². The molecule has 0 atom stereocenters. The van der Waals surface area contributed by atoms with Crippen molar-refractivity contribution in [1.82, 2.24) is 10.2 Å². The number of nitrogen functional groups attached to an aromatic ring is 1.